The van der Waals surface area contributed by atoms with Crippen molar-refractivity contribution in [1.29, 1.82) is 0 Å². The van der Waals surface area contributed by atoms with Crippen molar-refractivity contribution in [2.24, 2.45) is 0 Å². The molecule has 2 amide bonds. The van der Waals surface area contributed by atoms with Crippen molar-refractivity contribution < 1.29 is 9.90 Å². The van der Waals surface area contributed by atoms with E-state index in [0.717, 1.165) is 5.56 Å². The first-order chi connectivity index (χ1) is 10.6. The van der Waals surface area contributed by atoms with E-state index in [9.17, 15) is 9.90 Å². The Bertz CT molecular complexity index is 590. The molecule has 5 nitrogen and oxygen atoms in total. The van der Waals surface area contributed by atoms with Crippen LogP contribution in [0.3, 0.4) is 0 Å². The van der Waals surface area contributed by atoms with Crippen LogP contribution in [0.25, 0.3) is 0 Å². The lowest BCUT2D eigenvalue weighted by Crippen LogP contribution is -2.40. The van der Waals surface area contributed by atoms with Gasteiger partial charge in [0.15, 0.2) is 0 Å². The zero-order chi connectivity index (χ0) is 15.8. The molecule has 6 heteroatoms. The molecule has 2 rings (SSSR count). The Labute approximate surface area is 134 Å². The number of aromatic nitrogens is 1. The molecule has 1 heterocycles. The van der Waals surface area contributed by atoms with Crippen LogP contribution < -0.4 is 10.6 Å². The van der Waals surface area contributed by atoms with Gasteiger partial charge in [0.2, 0.25) is 0 Å². The van der Waals surface area contributed by atoms with Crippen molar-refractivity contribution in [3.63, 3.8) is 0 Å². The highest BCUT2D eigenvalue weighted by Gasteiger charge is 2.08. The molecular formula is C16H18ClN3O2. The van der Waals surface area contributed by atoms with Crippen molar-refractivity contribution in [1.82, 2.24) is 15.6 Å². The Morgan fingerprint density at radius 3 is 2.64 bits per heavy atom. The highest BCUT2D eigenvalue weighted by Crippen LogP contribution is 2.05. The molecule has 116 valence electrons. The molecule has 3 N–H and O–H groups in total. The maximum Gasteiger partial charge on any atom is 0.315 e. The molecule has 0 bridgehead atoms. The Morgan fingerprint density at radius 1 is 1.18 bits per heavy atom. The summed E-state index contributed by atoms with van der Waals surface area (Å²) in [5.41, 5.74) is 1.74. The van der Waals surface area contributed by atoms with Gasteiger partial charge >= 0.3 is 6.03 Å². The summed E-state index contributed by atoms with van der Waals surface area (Å²) in [7, 11) is 0. The number of carbonyl (C=O) groups is 1. The molecule has 1 atom stereocenters. The number of carbonyl (C=O) groups excluding carboxylic acids is 1. The van der Waals surface area contributed by atoms with Gasteiger partial charge in [0, 0.05) is 19.2 Å². The minimum absolute atomic E-state index is 0.189. The zero-order valence-corrected chi connectivity index (χ0v) is 12.8. The average molecular weight is 320 g/mol. The van der Waals surface area contributed by atoms with Crippen LogP contribution in [0.2, 0.25) is 5.02 Å². The van der Waals surface area contributed by atoms with Gasteiger partial charge in [-0.25, -0.2) is 4.79 Å². The van der Waals surface area contributed by atoms with Gasteiger partial charge in [0.1, 0.15) is 0 Å². The van der Waals surface area contributed by atoms with Crippen LogP contribution in [0.1, 0.15) is 11.3 Å². The molecule has 0 saturated carbocycles. The highest BCUT2D eigenvalue weighted by atomic mass is 35.5. The van der Waals surface area contributed by atoms with Gasteiger partial charge < -0.3 is 15.7 Å². The summed E-state index contributed by atoms with van der Waals surface area (Å²) in [6, 6.07) is 12.8. The predicted octanol–water partition coefficient (Wildman–Crippen LogP) is 2.14. The van der Waals surface area contributed by atoms with E-state index in [1.807, 2.05) is 30.3 Å². The molecule has 0 radical (unpaired) electrons. The first kappa shape index (κ1) is 16.3. The average Bonchev–Trinajstić information content (AvgIpc) is 2.53. The lowest BCUT2D eigenvalue weighted by Gasteiger charge is -2.12. The molecule has 22 heavy (non-hydrogen) atoms. The van der Waals surface area contributed by atoms with Crippen molar-refractivity contribution >= 4 is 17.6 Å². The standard InChI is InChI=1S/C16H18ClN3O2/c17-13-6-7-14(18-9-13)10-19-16(22)20-11-15(21)8-12-4-2-1-3-5-12/h1-7,9,15,21H,8,10-11H2,(H2,19,20,22). The third-order valence-electron chi connectivity index (χ3n) is 3.03. The van der Waals surface area contributed by atoms with Gasteiger partial charge in [-0.3, -0.25) is 4.98 Å². The number of rotatable bonds is 6. The second-order valence-corrected chi connectivity index (χ2v) is 5.31. The van der Waals surface area contributed by atoms with Gasteiger partial charge in [-0.15, -0.1) is 0 Å². The van der Waals surface area contributed by atoms with Crippen LogP contribution in [0.5, 0.6) is 0 Å². The number of aliphatic hydroxyl groups is 1. The van der Waals surface area contributed by atoms with E-state index in [2.05, 4.69) is 15.6 Å². The maximum absolute atomic E-state index is 11.7. The number of pyridine rings is 1. The number of hydrogen-bond acceptors (Lipinski definition) is 3. The quantitative estimate of drug-likeness (QED) is 0.763. The molecule has 0 spiro atoms. The summed E-state index contributed by atoms with van der Waals surface area (Å²) < 4.78 is 0. The largest absolute Gasteiger partial charge is 0.391 e. The molecule has 1 aromatic heterocycles. The van der Waals surface area contributed by atoms with E-state index < -0.39 is 6.10 Å². The molecule has 0 aliphatic rings. The van der Waals surface area contributed by atoms with Crippen LogP contribution in [0.4, 0.5) is 4.79 Å². The number of hydrogen-bond donors (Lipinski definition) is 3. The van der Waals surface area contributed by atoms with Gasteiger partial charge in [-0.2, -0.15) is 0 Å². The van der Waals surface area contributed by atoms with Crippen LogP contribution in [0.15, 0.2) is 48.7 Å². The van der Waals surface area contributed by atoms with Crippen molar-refractivity contribution in [2.75, 3.05) is 6.54 Å². The van der Waals surface area contributed by atoms with E-state index in [0.29, 0.717) is 23.7 Å². The molecule has 1 unspecified atom stereocenters. The molecule has 0 saturated heterocycles. The summed E-state index contributed by atoms with van der Waals surface area (Å²) in [6.07, 6.45) is 1.40. The van der Waals surface area contributed by atoms with E-state index >= 15 is 0 Å². The molecule has 0 fully saturated rings. The van der Waals surface area contributed by atoms with E-state index in [4.69, 9.17) is 11.6 Å². The molecule has 0 aliphatic heterocycles. The number of nitrogens with one attached hydrogen (secondary N) is 2. The van der Waals surface area contributed by atoms with Crippen molar-refractivity contribution in [2.45, 2.75) is 19.1 Å². The number of urea groups is 1. The zero-order valence-electron chi connectivity index (χ0n) is 12.0. The minimum Gasteiger partial charge on any atom is -0.391 e. The van der Waals surface area contributed by atoms with Crippen LogP contribution in [-0.4, -0.2) is 28.8 Å². The topological polar surface area (TPSA) is 74.2 Å². The van der Waals surface area contributed by atoms with Gasteiger partial charge in [0.25, 0.3) is 0 Å². The van der Waals surface area contributed by atoms with Gasteiger partial charge in [0.05, 0.1) is 23.4 Å². The van der Waals surface area contributed by atoms with E-state index in [1.165, 1.54) is 6.20 Å². The molecule has 1 aromatic carbocycles. The molecule has 2 aromatic rings. The summed E-state index contributed by atoms with van der Waals surface area (Å²) in [6.45, 7) is 0.493. The molecular weight excluding hydrogens is 302 g/mol. The maximum atomic E-state index is 11.7. The van der Waals surface area contributed by atoms with Crippen molar-refractivity contribution in [3.8, 4) is 0 Å². The lowest BCUT2D eigenvalue weighted by molar-refractivity contribution is 0.170. The number of benzene rings is 1. The number of amides is 2. The van der Waals surface area contributed by atoms with Gasteiger partial charge in [-0.1, -0.05) is 41.9 Å². The number of aliphatic hydroxyl groups excluding tert-OH is 1. The summed E-state index contributed by atoms with van der Waals surface area (Å²) >= 11 is 5.74. The SMILES string of the molecule is O=C(NCc1ccc(Cl)cn1)NCC(O)Cc1ccccc1. The fraction of sp³-hybridized carbons (Fsp3) is 0.250. The number of halogens is 1. The first-order valence-corrected chi connectivity index (χ1v) is 7.35. The monoisotopic (exact) mass is 319 g/mol. The predicted molar refractivity (Wildman–Crippen MR) is 85.6 cm³/mol. The summed E-state index contributed by atoms with van der Waals surface area (Å²) in [5.74, 6) is 0. The lowest BCUT2D eigenvalue weighted by atomic mass is 10.1. The van der Waals surface area contributed by atoms with Crippen LogP contribution in [0, 0.1) is 0 Å². The Balaban J connectivity index is 1.67. The van der Waals surface area contributed by atoms with Gasteiger partial charge in [-0.05, 0) is 17.7 Å². The fourth-order valence-electron chi connectivity index (χ4n) is 1.91. The van der Waals surface area contributed by atoms with E-state index in [-0.39, 0.29) is 12.6 Å². The smallest absolute Gasteiger partial charge is 0.315 e. The summed E-state index contributed by atoms with van der Waals surface area (Å²) in [5, 5.41) is 15.8. The second kappa shape index (κ2) is 8.36. The fourth-order valence-corrected chi connectivity index (χ4v) is 2.02. The Hall–Kier alpha value is -2.11. The minimum atomic E-state index is -0.623. The molecule has 0 aliphatic carbocycles. The van der Waals surface area contributed by atoms with Crippen LogP contribution in [-0.2, 0) is 13.0 Å². The number of nitrogens with zero attached hydrogens (tertiary/aromatic N) is 1. The highest BCUT2D eigenvalue weighted by molar-refractivity contribution is 6.30. The normalized spacial score (nSPS) is 11.7. The Kier molecular flexibility index (Phi) is 6.18. The third kappa shape index (κ3) is 5.71. The van der Waals surface area contributed by atoms with Crippen LogP contribution >= 0.6 is 11.6 Å². The van der Waals surface area contributed by atoms with Crippen molar-refractivity contribution in [3.05, 3.63) is 64.9 Å². The third-order valence-corrected chi connectivity index (χ3v) is 3.25. The first-order valence-electron chi connectivity index (χ1n) is 6.97. The summed E-state index contributed by atoms with van der Waals surface area (Å²) in [4.78, 5) is 15.7. The van der Waals surface area contributed by atoms with E-state index in [1.54, 1.807) is 12.1 Å². The Morgan fingerprint density at radius 2 is 1.95 bits per heavy atom. The second-order valence-electron chi connectivity index (χ2n) is 4.87.